The van der Waals surface area contributed by atoms with E-state index < -0.39 is 0 Å². The average molecular weight is 192 g/mol. The Morgan fingerprint density at radius 3 is 3.07 bits per heavy atom. The number of piperidine rings is 1. The molecule has 1 aliphatic heterocycles. The predicted octanol–water partition coefficient (Wildman–Crippen LogP) is 0.167. The lowest BCUT2D eigenvalue weighted by atomic mass is 10.1. The van der Waals surface area contributed by atoms with E-state index >= 15 is 0 Å². The highest BCUT2D eigenvalue weighted by atomic mass is 16.1. The quantitative estimate of drug-likeness (QED) is 0.700. The van der Waals surface area contributed by atoms with Crippen LogP contribution in [0, 0.1) is 0 Å². The van der Waals surface area contributed by atoms with Crippen molar-refractivity contribution in [1.29, 1.82) is 0 Å². The molecular weight excluding hydrogens is 180 g/mol. The van der Waals surface area contributed by atoms with Crippen LogP contribution < -0.4 is 10.6 Å². The van der Waals surface area contributed by atoms with Gasteiger partial charge in [0.25, 0.3) is 0 Å². The van der Waals surface area contributed by atoms with E-state index in [1.54, 1.807) is 18.6 Å². The van der Waals surface area contributed by atoms with Gasteiger partial charge in [-0.05, 0) is 6.42 Å². The van der Waals surface area contributed by atoms with E-state index in [0.29, 0.717) is 13.0 Å². The van der Waals surface area contributed by atoms with Gasteiger partial charge in [0.2, 0.25) is 5.91 Å². The van der Waals surface area contributed by atoms with Crippen LogP contribution in [0.15, 0.2) is 18.6 Å². The molecule has 1 fully saturated rings. The van der Waals surface area contributed by atoms with Gasteiger partial charge in [-0.2, -0.15) is 0 Å². The first-order chi connectivity index (χ1) is 6.84. The van der Waals surface area contributed by atoms with Gasteiger partial charge in [-0.15, -0.1) is 0 Å². The van der Waals surface area contributed by atoms with Crippen molar-refractivity contribution in [3.63, 3.8) is 0 Å². The lowest BCUT2D eigenvalue weighted by Gasteiger charge is -2.23. The molecule has 14 heavy (non-hydrogen) atoms. The number of aromatic nitrogens is 2. The third-order valence-corrected chi connectivity index (χ3v) is 2.18. The van der Waals surface area contributed by atoms with Crippen molar-refractivity contribution in [2.24, 2.45) is 0 Å². The average Bonchev–Trinajstić information content (AvgIpc) is 2.23. The molecule has 1 unspecified atom stereocenters. The fraction of sp³-hybridized carbons (Fsp3) is 0.444. The molecule has 2 rings (SSSR count). The number of carbonyl (C=O) groups excluding carboxylic acids is 1. The number of anilines is 1. The van der Waals surface area contributed by atoms with Gasteiger partial charge in [-0.1, -0.05) is 0 Å². The predicted molar refractivity (Wildman–Crippen MR) is 51.7 cm³/mol. The zero-order valence-corrected chi connectivity index (χ0v) is 7.73. The summed E-state index contributed by atoms with van der Waals surface area (Å²) in [6.45, 7) is 0.662. The van der Waals surface area contributed by atoms with E-state index in [-0.39, 0.29) is 11.9 Å². The number of amides is 1. The van der Waals surface area contributed by atoms with Gasteiger partial charge in [0.05, 0.1) is 6.20 Å². The van der Waals surface area contributed by atoms with Gasteiger partial charge in [0.1, 0.15) is 5.82 Å². The Morgan fingerprint density at radius 2 is 2.43 bits per heavy atom. The molecule has 2 N–H and O–H groups in total. The molecule has 1 atom stereocenters. The topological polar surface area (TPSA) is 66.9 Å². The number of nitrogens with zero attached hydrogens (tertiary/aromatic N) is 2. The first-order valence-electron chi connectivity index (χ1n) is 4.64. The maximum Gasteiger partial charge on any atom is 0.220 e. The van der Waals surface area contributed by atoms with Crippen LogP contribution in [0.5, 0.6) is 0 Å². The van der Waals surface area contributed by atoms with E-state index in [4.69, 9.17) is 0 Å². The van der Waals surface area contributed by atoms with Gasteiger partial charge in [0, 0.05) is 31.4 Å². The molecule has 5 heteroatoms. The Bertz CT molecular complexity index is 304. The molecule has 1 aromatic rings. The molecule has 1 aliphatic rings. The van der Waals surface area contributed by atoms with Crippen molar-refractivity contribution in [2.75, 3.05) is 11.9 Å². The molecule has 0 saturated carbocycles. The van der Waals surface area contributed by atoms with E-state index in [1.807, 2.05) is 0 Å². The minimum Gasteiger partial charge on any atom is -0.364 e. The van der Waals surface area contributed by atoms with Crippen LogP contribution in [-0.2, 0) is 4.79 Å². The monoisotopic (exact) mass is 192 g/mol. The van der Waals surface area contributed by atoms with E-state index in [9.17, 15) is 4.79 Å². The largest absolute Gasteiger partial charge is 0.364 e. The Kier molecular flexibility index (Phi) is 2.58. The molecule has 0 spiro atoms. The summed E-state index contributed by atoms with van der Waals surface area (Å²) in [4.78, 5) is 19.0. The van der Waals surface area contributed by atoms with Crippen molar-refractivity contribution in [3.05, 3.63) is 18.6 Å². The maximum atomic E-state index is 10.9. The van der Waals surface area contributed by atoms with Crippen LogP contribution in [0.1, 0.15) is 12.8 Å². The molecule has 0 radical (unpaired) electrons. The Hall–Kier alpha value is -1.65. The van der Waals surface area contributed by atoms with E-state index in [2.05, 4.69) is 20.6 Å². The fourth-order valence-corrected chi connectivity index (χ4v) is 1.44. The lowest BCUT2D eigenvalue weighted by Crippen LogP contribution is -2.42. The highest BCUT2D eigenvalue weighted by Crippen LogP contribution is 2.08. The number of rotatable bonds is 2. The van der Waals surface area contributed by atoms with Crippen LogP contribution in [0.4, 0.5) is 5.82 Å². The number of carbonyl (C=O) groups is 1. The summed E-state index contributed by atoms with van der Waals surface area (Å²) in [6.07, 6.45) is 6.38. The summed E-state index contributed by atoms with van der Waals surface area (Å²) < 4.78 is 0. The Labute approximate surface area is 82.0 Å². The number of nitrogens with one attached hydrogen (secondary N) is 2. The fourth-order valence-electron chi connectivity index (χ4n) is 1.44. The summed E-state index contributed by atoms with van der Waals surface area (Å²) in [5.41, 5.74) is 0. The smallest absolute Gasteiger partial charge is 0.220 e. The van der Waals surface area contributed by atoms with Crippen LogP contribution in [0.3, 0.4) is 0 Å². The molecule has 0 aliphatic carbocycles. The summed E-state index contributed by atoms with van der Waals surface area (Å²) in [5, 5.41) is 6.02. The second-order valence-electron chi connectivity index (χ2n) is 3.27. The SMILES string of the molecule is O=C1CCC(Nc2cnccn2)CN1. The molecule has 1 amide bonds. The van der Waals surface area contributed by atoms with Gasteiger partial charge >= 0.3 is 0 Å². The summed E-state index contributed by atoms with van der Waals surface area (Å²) in [5.74, 6) is 0.885. The zero-order chi connectivity index (χ0) is 9.80. The molecule has 0 bridgehead atoms. The standard InChI is InChI=1S/C9H12N4O/c14-9-2-1-7(5-12-9)13-8-6-10-3-4-11-8/h3-4,6-7H,1-2,5H2,(H,11,13)(H,12,14). The minimum absolute atomic E-state index is 0.127. The molecule has 5 nitrogen and oxygen atoms in total. The van der Waals surface area contributed by atoms with Crippen LogP contribution in [0.25, 0.3) is 0 Å². The normalized spacial score (nSPS) is 21.4. The summed E-state index contributed by atoms with van der Waals surface area (Å²) in [7, 11) is 0. The molecular formula is C9H12N4O. The first-order valence-corrected chi connectivity index (χ1v) is 4.64. The molecule has 0 aromatic carbocycles. The number of hydrogen-bond donors (Lipinski definition) is 2. The van der Waals surface area contributed by atoms with Gasteiger partial charge < -0.3 is 10.6 Å². The summed E-state index contributed by atoms with van der Waals surface area (Å²) in [6, 6.07) is 0.268. The van der Waals surface area contributed by atoms with E-state index in [1.165, 1.54) is 0 Å². The van der Waals surface area contributed by atoms with Crippen LogP contribution >= 0.6 is 0 Å². The minimum atomic E-state index is 0.127. The van der Waals surface area contributed by atoms with Crippen molar-refractivity contribution >= 4 is 11.7 Å². The lowest BCUT2D eigenvalue weighted by molar-refractivity contribution is -0.122. The van der Waals surface area contributed by atoms with Crippen LogP contribution in [0.2, 0.25) is 0 Å². The Balaban J connectivity index is 1.89. The summed E-state index contributed by atoms with van der Waals surface area (Å²) >= 11 is 0. The molecule has 1 saturated heterocycles. The van der Waals surface area contributed by atoms with Gasteiger partial charge in [0.15, 0.2) is 0 Å². The third kappa shape index (κ3) is 2.18. The zero-order valence-electron chi connectivity index (χ0n) is 7.73. The highest BCUT2D eigenvalue weighted by Gasteiger charge is 2.17. The van der Waals surface area contributed by atoms with Crippen molar-refractivity contribution in [1.82, 2.24) is 15.3 Å². The second-order valence-corrected chi connectivity index (χ2v) is 3.27. The number of hydrogen-bond acceptors (Lipinski definition) is 4. The Morgan fingerprint density at radius 1 is 1.50 bits per heavy atom. The van der Waals surface area contributed by atoms with E-state index in [0.717, 1.165) is 12.2 Å². The maximum absolute atomic E-state index is 10.9. The second kappa shape index (κ2) is 4.04. The highest BCUT2D eigenvalue weighted by molar-refractivity contribution is 5.76. The van der Waals surface area contributed by atoms with Crippen molar-refractivity contribution in [2.45, 2.75) is 18.9 Å². The van der Waals surface area contributed by atoms with Crippen LogP contribution in [-0.4, -0.2) is 28.5 Å². The molecule has 74 valence electrons. The van der Waals surface area contributed by atoms with Crippen molar-refractivity contribution in [3.8, 4) is 0 Å². The third-order valence-electron chi connectivity index (χ3n) is 2.18. The van der Waals surface area contributed by atoms with Crippen molar-refractivity contribution < 1.29 is 4.79 Å². The van der Waals surface area contributed by atoms with Gasteiger partial charge in [-0.25, -0.2) is 4.98 Å². The molecule has 1 aromatic heterocycles. The van der Waals surface area contributed by atoms with Gasteiger partial charge in [-0.3, -0.25) is 9.78 Å². The first kappa shape index (κ1) is 8.93. The molecule has 2 heterocycles.